The molecule has 2 aromatic rings. The Balaban J connectivity index is 1.75. The zero-order valence-electron chi connectivity index (χ0n) is 19.4. The molecule has 1 fully saturated rings. The number of likely N-dealkylation sites (tertiary alicyclic amines) is 1. The van der Waals surface area contributed by atoms with Gasteiger partial charge in [-0.15, -0.1) is 0 Å². The molecule has 31 heavy (non-hydrogen) atoms. The first-order chi connectivity index (χ1) is 14.9. The van der Waals surface area contributed by atoms with Crippen molar-refractivity contribution in [2.24, 2.45) is 0 Å². The van der Waals surface area contributed by atoms with Crippen LogP contribution in [0.1, 0.15) is 50.9 Å². The van der Waals surface area contributed by atoms with Crippen molar-refractivity contribution in [3.8, 4) is 0 Å². The summed E-state index contributed by atoms with van der Waals surface area (Å²) in [6, 6.07) is 8.15. The van der Waals surface area contributed by atoms with Gasteiger partial charge in [-0.1, -0.05) is 30.2 Å². The minimum absolute atomic E-state index is 0.360. The fourth-order valence-electron chi connectivity index (χ4n) is 4.08. The number of rotatable bonds is 11. The van der Waals surface area contributed by atoms with Gasteiger partial charge in [-0.25, -0.2) is 4.98 Å². The molecule has 0 N–H and O–H groups in total. The van der Waals surface area contributed by atoms with Gasteiger partial charge in [-0.05, 0) is 84.5 Å². The van der Waals surface area contributed by atoms with Gasteiger partial charge in [0.25, 0.3) is 0 Å². The molecule has 0 bridgehead atoms. The van der Waals surface area contributed by atoms with E-state index >= 15 is 0 Å². The van der Waals surface area contributed by atoms with E-state index in [1.54, 1.807) is 10.9 Å². The maximum atomic E-state index is 6.47. The number of halogens is 1. The molecular formula is C24H37ClN4O2. The monoisotopic (exact) mass is 448 g/mol. The molecule has 1 aromatic heterocycles. The Bertz CT molecular complexity index is 789. The Hall–Kier alpha value is -1.60. The first kappa shape index (κ1) is 24.1. The van der Waals surface area contributed by atoms with Crippen molar-refractivity contribution in [1.82, 2.24) is 19.5 Å². The van der Waals surface area contributed by atoms with Crippen molar-refractivity contribution >= 4 is 11.6 Å². The predicted octanol–water partition coefficient (Wildman–Crippen LogP) is 4.07. The molecule has 3 rings (SSSR count). The number of aromatic nitrogens is 2. The molecule has 0 spiro atoms. The topological polar surface area (TPSA) is 42.8 Å². The molecule has 0 radical (unpaired) electrons. The van der Waals surface area contributed by atoms with Crippen LogP contribution < -0.4 is 4.84 Å². The summed E-state index contributed by atoms with van der Waals surface area (Å²) < 4.78 is 8.25. The zero-order valence-corrected chi connectivity index (χ0v) is 20.1. The highest BCUT2D eigenvalue weighted by Gasteiger charge is 2.35. The average Bonchev–Trinajstić information content (AvgIpc) is 3.25. The number of imidazole rings is 1. The molecule has 2 unspecified atom stereocenters. The Labute approximate surface area is 192 Å². The summed E-state index contributed by atoms with van der Waals surface area (Å²) in [5.74, 6) is 0.741. The Morgan fingerprint density at radius 2 is 1.87 bits per heavy atom. The van der Waals surface area contributed by atoms with Crippen LogP contribution in [0.2, 0.25) is 5.02 Å². The minimum atomic E-state index is -0.741. The van der Waals surface area contributed by atoms with Crippen molar-refractivity contribution in [3.05, 3.63) is 53.1 Å². The molecule has 0 aliphatic carbocycles. The smallest absolute Gasteiger partial charge is 0.181 e. The van der Waals surface area contributed by atoms with E-state index in [0.29, 0.717) is 24.3 Å². The van der Waals surface area contributed by atoms with E-state index in [4.69, 9.17) is 21.2 Å². The molecule has 1 aromatic carbocycles. The Morgan fingerprint density at radius 3 is 2.55 bits per heavy atom. The second kappa shape index (κ2) is 11.3. The van der Waals surface area contributed by atoms with Gasteiger partial charge in [-0.2, -0.15) is 4.73 Å². The molecule has 1 aliphatic rings. The van der Waals surface area contributed by atoms with Gasteiger partial charge >= 0.3 is 0 Å². The van der Waals surface area contributed by atoms with E-state index in [1.165, 1.54) is 19.3 Å². The quantitative estimate of drug-likeness (QED) is 0.485. The molecule has 6 nitrogen and oxygen atoms in total. The van der Waals surface area contributed by atoms with Crippen LogP contribution in [0.15, 0.2) is 36.7 Å². The summed E-state index contributed by atoms with van der Waals surface area (Å²) in [4.78, 5) is 15.5. The normalized spacial score (nSPS) is 18.1. The van der Waals surface area contributed by atoms with Gasteiger partial charge in [0.2, 0.25) is 0 Å². The summed E-state index contributed by atoms with van der Waals surface area (Å²) in [6.45, 7) is 8.79. The van der Waals surface area contributed by atoms with Crippen LogP contribution in [0.3, 0.4) is 0 Å². The van der Waals surface area contributed by atoms with Crippen LogP contribution >= 0.6 is 11.6 Å². The van der Waals surface area contributed by atoms with Crippen LogP contribution in [-0.4, -0.2) is 72.5 Å². The third-order valence-corrected chi connectivity index (χ3v) is 6.29. The van der Waals surface area contributed by atoms with Gasteiger partial charge in [0.15, 0.2) is 11.4 Å². The van der Waals surface area contributed by atoms with E-state index in [9.17, 15) is 0 Å². The predicted molar refractivity (Wildman–Crippen MR) is 126 cm³/mol. The fraction of sp³-hybridized carbons (Fsp3) is 0.625. The SMILES string of the molecule is CC(COn1ccnc1C(C)(OCCCN(C)C)c1ccc(Cl)cc1)N1CCCCC1. The first-order valence-corrected chi connectivity index (χ1v) is 11.7. The lowest BCUT2D eigenvalue weighted by molar-refractivity contribution is -0.0360. The fourth-order valence-corrected chi connectivity index (χ4v) is 4.21. The zero-order chi connectivity index (χ0) is 22.3. The number of ether oxygens (including phenoxy) is 1. The summed E-state index contributed by atoms with van der Waals surface area (Å²) in [5, 5.41) is 0.702. The number of nitrogens with zero attached hydrogens (tertiary/aromatic N) is 4. The highest BCUT2D eigenvalue weighted by molar-refractivity contribution is 6.30. The lowest BCUT2D eigenvalue weighted by Gasteiger charge is -2.33. The highest BCUT2D eigenvalue weighted by atomic mass is 35.5. The molecule has 2 heterocycles. The largest absolute Gasteiger partial charge is 0.411 e. The van der Waals surface area contributed by atoms with Crippen LogP contribution in [-0.2, 0) is 10.3 Å². The van der Waals surface area contributed by atoms with Crippen LogP contribution in [0.5, 0.6) is 0 Å². The second-order valence-corrected chi connectivity index (χ2v) is 9.30. The maximum absolute atomic E-state index is 6.47. The van der Waals surface area contributed by atoms with Gasteiger partial charge in [0, 0.05) is 23.9 Å². The summed E-state index contributed by atoms with van der Waals surface area (Å²) in [6.07, 6.45) is 8.46. The van der Waals surface area contributed by atoms with Crippen LogP contribution in [0, 0.1) is 0 Å². The van der Waals surface area contributed by atoms with Crippen molar-refractivity contribution in [2.45, 2.75) is 51.2 Å². The summed E-state index contributed by atoms with van der Waals surface area (Å²) in [7, 11) is 4.14. The lowest BCUT2D eigenvalue weighted by atomic mass is 9.94. The van der Waals surface area contributed by atoms with Gasteiger partial charge in [0.1, 0.15) is 6.61 Å². The molecule has 0 saturated carbocycles. The van der Waals surface area contributed by atoms with Crippen LogP contribution in [0.25, 0.3) is 0 Å². The summed E-state index contributed by atoms with van der Waals surface area (Å²) in [5.41, 5.74) is 0.260. The molecule has 1 aliphatic heterocycles. The third kappa shape index (κ3) is 6.45. The summed E-state index contributed by atoms with van der Waals surface area (Å²) >= 11 is 6.14. The van der Waals surface area contributed by atoms with Gasteiger partial charge in [0.05, 0.1) is 6.20 Å². The van der Waals surface area contributed by atoms with Crippen molar-refractivity contribution < 1.29 is 9.57 Å². The number of hydrogen-bond acceptors (Lipinski definition) is 5. The first-order valence-electron chi connectivity index (χ1n) is 11.4. The Morgan fingerprint density at radius 1 is 1.16 bits per heavy atom. The molecule has 2 atom stereocenters. The number of piperidine rings is 1. The molecule has 172 valence electrons. The van der Waals surface area contributed by atoms with Crippen molar-refractivity contribution in [2.75, 3.05) is 46.9 Å². The number of hydrogen-bond donors (Lipinski definition) is 0. The maximum Gasteiger partial charge on any atom is 0.181 e. The van der Waals surface area contributed by atoms with E-state index < -0.39 is 5.60 Å². The lowest BCUT2D eigenvalue weighted by Crippen LogP contribution is -2.42. The molecular weight excluding hydrogens is 412 g/mol. The van der Waals surface area contributed by atoms with E-state index in [1.807, 2.05) is 30.5 Å². The van der Waals surface area contributed by atoms with Gasteiger partial charge < -0.3 is 14.5 Å². The van der Waals surface area contributed by atoms with Gasteiger partial charge in [-0.3, -0.25) is 4.90 Å². The number of benzene rings is 1. The van der Waals surface area contributed by atoms with E-state index in [-0.39, 0.29) is 0 Å². The van der Waals surface area contributed by atoms with Crippen LogP contribution in [0.4, 0.5) is 0 Å². The average molecular weight is 449 g/mol. The highest BCUT2D eigenvalue weighted by Crippen LogP contribution is 2.33. The standard InChI is InChI=1S/C24H37ClN4O2/c1-20(28-15-6-5-7-16-28)19-31-29-17-13-26-23(29)24(2,30-18-8-14-27(3)4)21-9-11-22(25)12-10-21/h9-13,17,20H,5-8,14-16,18-19H2,1-4H3. The van der Waals surface area contributed by atoms with E-state index in [2.05, 4.69) is 42.7 Å². The third-order valence-electron chi connectivity index (χ3n) is 6.04. The minimum Gasteiger partial charge on any atom is -0.411 e. The molecule has 0 amide bonds. The van der Waals surface area contributed by atoms with Crippen molar-refractivity contribution in [1.29, 1.82) is 0 Å². The Kier molecular flexibility index (Phi) is 8.78. The molecule has 7 heteroatoms. The second-order valence-electron chi connectivity index (χ2n) is 8.86. The molecule has 1 saturated heterocycles. The van der Waals surface area contributed by atoms with Crippen molar-refractivity contribution in [3.63, 3.8) is 0 Å². The van der Waals surface area contributed by atoms with E-state index in [0.717, 1.165) is 37.4 Å².